The molecule has 7 rings (SSSR count). The summed E-state index contributed by atoms with van der Waals surface area (Å²) in [6.07, 6.45) is 13.6. The molecule has 82 heavy (non-hydrogen) atoms. The Morgan fingerprint density at radius 2 is 1.11 bits per heavy atom. The topological polar surface area (TPSA) is 205 Å². The highest BCUT2D eigenvalue weighted by Crippen LogP contribution is 2.33. The fourth-order valence-corrected chi connectivity index (χ4v) is 10.1. The van der Waals surface area contributed by atoms with Crippen LogP contribution in [0.15, 0.2) is 121 Å². The molecule has 0 aliphatic heterocycles. The minimum Gasteiger partial charge on any atom is -0.494 e. The summed E-state index contributed by atoms with van der Waals surface area (Å²) >= 11 is 1.45. The minimum atomic E-state index is -0.596. The highest BCUT2D eigenvalue weighted by atomic mass is 32.1. The van der Waals surface area contributed by atoms with E-state index in [1.54, 1.807) is 78.7 Å². The van der Waals surface area contributed by atoms with Crippen LogP contribution in [0, 0.1) is 23.7 Å². The molecule has 0 unspecified atom stereocenters. The van der Waals surface area contributed by atoms with Gasteiger partial charge in [0.1, 0.15) is 41.8 Å². The van der Waals surface area contributed by atoms with Crippen LogP contribution in [-0.4, -0.2) is 92.2 Å². The lowest BCUT2D eigenvalue weighted by Gasteiger charge is -2.27. The summed E-state index contributed by atoms with van der Waals surface area (Å²) in [4.78, 5) is 81.2. The predicted octanol–water partition coefficient (Wildman–Crippen LogP) is 12.1. The molecule has 0 radical (unpaired) electrons. The van der Waals surface area contributed by atoms with Gasteiger partial charge in [-0.3, -0.25) is 9.59 Å². The molecule has 0 amide bonds. The zero-order valence-corrected chi connectivity index (χ0v) is 47.2. The van der Waals surface area contributed by atoms with E-state index in [2.05, 4.69) is 25.0 Å². The second-order valence-electron chi connectivity index (χ2n) is 19.8. The van der Waals surface area contributed by atoms with Crippen molar-refractivity contribution in [1.82, 2.24) is 4.98 Å². The molecular formula is C64H71N3O14S. The summed E-state index contributed by atoms with van der Waals surface area (Å²) in [6.45, 7) is 10.5. The number of carbonyl (C=O) groups is 6. The number of para-hydroxylation sites is 1. The Kier molecular flexibility index (Phi) is 24.5. The van der Waals surface area contributed by atoms with Crippen LogP contribution in [0.25, 0.3) is 10.2 Å². The molecule has 17 nitrogen and oxygen atoms in total. The van der Waals surface area contributed by atoms with Crippen molar-refractivity contribution in [1.29, 1.82) is 0 Å². The van der Waals surface area contributed by atoms with Crippen LogP contribution in [0.4, 0.5) is 5.13 Å². The zero-order chi connectivity index (χ0) is 57.9. The summed E-state index contributed by atoms with van der Waals surface area (Å²) in [7, 11) is 0. The number of benzene rings is 4. The maximum atomic E-state index is 14.1. The third-order valence-corrected chi connectivity index (χ3v) is 14.9. The zero-order valence-electron chi connectivity index (χ0n) is 46.4. The first kappa shape index (κ1) is 61.3. The summed E-state index contributed by atoms with van der Waals surface area (Å²) in [5.41, 5.74) is 1.75. The van der Waals surface area contributed by atoms with Crippen LogP contribution in [0.5, 0.6) is 23.0 Å². The van der Waals surface area contributed by atoms with Gasteiger partial charge in [-0.1, -0.05) is 42.5 Å². The summed E-state index contributed by atoms with van der Waals surface area (Å²) in [6, 6.07) is 26.2. The number of fused-ring (bicyclic) bond motifs is 1. The SMILES string of the molecule is C=CC(=O)OCCCCCCOc1ccc(OC(=O)C2CCC(OC(=O)c3ccc(OC(=O)C4CCC(OC(=O)c5ccc(OCCCCCCOC(=O)C=C)cc5)CC4)cc3/C=N/N(CC#CC)c3nc4ccccc4s3)CC2)cc1. The lowest BCUT2D eigenvalue weighted by atomic mass is 9.87. The summed E-state index contributed by atoms with van der Waals surface area (Å²) < 4.78 is 46.3. The Labute approximate surface area is 482 Å². The standard InChI is InChI=1S/C64H71N3O14S/c1-4-7-38-67(64-66-56-18-12-13-19-57(56)82-64)65-44-48-43-54(81-62(72)47-22-28-51(29-23-47)78-60(70)45-20-26-49(27-21-45)74-39-14-8-10-16-41-76-58(68)5-2)36-37-55(48)63(73)80-52-30-24-46(25-31-52)61(71)79-53-34-32-50(33-35-53)75-40-15-9-11-17-42-77-59(69)6-3/h5-6,12-13,18-21,26-27,32-37,43-44,46-47,51-52H,2-3,8-11,14-17,22-25,28-31,38-42H2,1H3/b65-44+. The number of hydrazone groups is 1. The maximum Gasteiger partial charge on any atom is 0.339 e. The predicted molar refractivity (Wildman–Crippen MR) is 311 cm³/mol. The van der Waals surface area contributed by atoms with E-state index in [9.17, 15) is 28.8 Å². The fraction of sp³-hybridized carbons (Fsp3) is 0.406. The van der Waals surface area contributed by atoms with Gasteiger partial charge in [0.15, 0.2) is 0 Å². The minimum absolute atomic E-state index is 0.200. The van der Waals surface area contributed by atoms with Gasteiger partial charge in [-0.2, -0.15) is 5.10 Å². The smallest absolute Gasteiger partial charge is 0.339 e. The molecule has 2 aliphatic rings. The Morgan fingerprint density at radius 1 is 0.610 bits per heavy atom. The number of rotatable bonds is 30. The van der Waals surface area contributed by atoms with Crippen molar-refractivity contribution in [3.63, 3.8) is 0 Å². The second kappa shape index (κ2) is 32.8. The molecular weight excluding hydrogens is 1070 g/mol. The first-order chi connectivity index (χ1) is 40.0. The van der Waals surface area contributed by atoms with E-state index >= 15 is 0 Å². The van der Waals surface area contributed by atoms with Crippen LogP contribution in [0.3, 0.4) is 0 Å². The molecule has 0 bridgehead atoms. The van der Waals surface area contributed by atoms with Crippen molar-refractivity contribution in [3.05, 3.63) is 133 Å². The van der Waals surface area contributed by atoms with E-state index < -0.39 is 41.9 Å². The second-order valence-corrected chi connectivity index (χ2v) is 20.8. The number of thiazole rings is 1. The maximum absolute atomic E-state index is 14.1. The van der Waals surface area contributed by atoms with Crippen LogP contribution in [0.1, 0.15) is 136 Å². The lowest BCUT2D eigenvalue weighted by Crippen LogP contribution is -2.30. The Balaban J connectivity index is 0.898. The number of aromatic nitrogens is 1. The van der Waals surface area contributed by atoms with E-state index in [-0.39, 0.29) is 35.8 Å². The first-order valence-electron chi connectivity index (χ1n) is 28.1. The van der Waals surface area contributed by atoms with Crippen LogP contribution in [0.2, 0.25) is 0 Å². The van der Waals surface area contributed by atoms with Gasteiger partial charge >= 0.3 is 35.8 Å². The Hall–Kier alpha value is -8.30. The first-order valence-corrected chi connectivity index (χ1v) is 28.9. The Bertz CT molecular complexity index is 3000. The average Bonchev–Trinajstić information content (AvgIpc) is 4.14. The van der Waals surface area contributed by atoms with Crippen molar-refractivity contribution in [2.75, 3.05) is 38.0 Å². The van der Waals surface area contributed by atoms with Gasteiger partial charge in [0.25, 0.3) is 0 Å². The van der Waals surface area contributed by atoms with Gasteiger partial charge in [0, 0.05) is 17.7 Å². The van der Waals surface area contributed by atoms with Crippen molar-refractivity contribution in [3.8, 4) is 34.8 Å². The lowest BCUT2D eigenvalue weighted by molar-refractivity contribution is -0.141. The number of anilines is 1. The molecule has 5 aromatic rings. The van der Waals surface area contributed by atoms with Crippen molar-refractivity contribution >= 4 is 68.7 Å². The van der Waals surface area contributed by atoms with E-state index in [1.807, 2.05) is 24.3 Å². The molecule has 1 aromatic heterocycles. The highest BCUT2D eigenvalue weighted by molar-refractivity contribution is 7.22. The van der Waals surface area contributed by atoms with E-state index in [4.69, 9.17) is 48.0 Å². The van der Waals surface area contributed by atoms with Crippen molar-refractivity contribution < 1.29 is 66.7 Å². The molecule has 0 N–H and O–H groups in total. The van der Waals surface area contributed by atoms with Crippen molar-refractivity contribution in [2.24, 2.45) is 16.9 Å². The average molecular weight is 1140 g/mol. The molecule has 2 saturated carbocycles. The van der Waals surface area contributed by atoms with Gasteiger partial charge < -0.3 is 37.9 Å². The summed E-state index contributed by atoms with van der Waals surface area (Å²) in [5, 5.41) is 7.01. The largest absolute Gasteiger partial charge is 0.494 e. The van der Waals surface area contributed by atoms with E-state index in [1.165, 1.54) is 17.6 Å². The molecule has 432 valence electrons. The van der Waals surface area contributed by atoms with Gasteiger partial charge in [-0.05, 0) is 189 Å². The number of hydrogen-bond donors (Lipinski definition) is 0. The Morgan fingerprint density at radius 3 is 1.66 bits per heavy atom. The van der Waals surface area contributed by atoms with Crippen LogP contribution < -0.4 is 24.0 Å². The van der Waals surface area contributed by atoms with Gasteiger partial charge in [-0.15, -0.1) is 5.92 Å². The number of hydrogen-bond acceptors (Lipinski definition) is 18. The monoisotopic (exact) mass is 1140 g/mol. The number of nitrogens with zero attached hydrogens (tertiary/aromatic N) is 3. The quantitative estimate of drug-likeness (QED) is 0.00613. The van der Waals surface area contributed by atoms with Gasteiger partial charge in [0.2, 0.25) is 5.13 Å². The number of ether oxygens (including phenoxy) is 8. The van der Waals surface area contributed by atoms with Crippen LogP contribution in [-0.2, 0) is 38.1 Å². The number of carbonyl (C=O) groups excluding carboxylic acids is 6. The third-order valence-electron chi connectivity index (χ3n) is 13.8. The molecule has 18 heteroatoms. The molecule has 2 fully saturated rings. The molecule has 0 atom stereocenters. The highest BCUT2D eigenvalue weighted by Gasteiger charge is 2.32. The van der Waals surface area contributed by atoms with Crippen molar-refractivity contribution in [2.45, 2.75) is 122 Å². The summed E-state index contributed by atoms with van der Waals surface area (Å²) in [5.74, 6) is 4.40. The third kappa shape index (κ3) is 19.8. The number of esters is 6. The molecule has 0 spiro atoms. The molecule has 1 heterocycles. The van der Waals surface area contributed by atoms with Gasteiger partial charge in [0.05, 0.1) is 65.8 Å². The normalized spacial score (nSPS) is 16.6. The molecule has 0 saturated heterocycles. The van der Waals surface area contributed by atoms with Crippen LogP contribution >= 0.6 is 11.3 Å². The van der Waals surface area contributed by atoms with Gasteiger partial charge in [-0.25, -0.2) is 29.2 Å². The van der Waals surface area contributed by atoms with E-state index in [0.29, 0.717) is 111 Å². The molecule has 2 aliphatic carbocycles. The fourth-order valence-electron chi connectivity index (χ4n) is 9.23. The molecule has 4 aromatic carbocycles. The van der Waals surface area contributed by atoms with E-state index in [0.717, 1.165) is 73.7 Å². The number of unbranched alkanes of at least 4 members (excludes halogenated alkanes) is 6.